The van der Waals surface area contributed by atoms with E-state index >= 15 is 0 Å². The van der Waals surface area contributed by atoms with Crippen LogP contribution in [-0.2, 0) is 0 Å². The molecule has 0 aliphatic carbocycles. The molecule has 6 nitrogen and oxygen atoms in total. The van der Waals surface area contributed by atoms with E-state index in [4.69, 9.17) is 5.73 Å². The Kier molecular flexibility index (Phi) is 2.93. The first kappa shape index (κ1) is 13.0. The molecule has 7 heteroatoms. The van der Waals surface area contributed by atoms with E-state index in [2.05, 4.69) is 44.3 Å². The molecule has 0 saturated carbocycles. The first-order valence-electron chi connectivity index (χ1n) is 6.68. The Morgan fingerprint density at radius 1 is 1.00 bits per heavy atom. The highest BCUT2D eigenvalue weighted by atomic mass is 32.2. The van der Waals surface area contributed by atoms with Crippen molar-refractivity contribution in [2.45, 2.75) is 5.16 Å². The summed E-state index contributed by atoms with van der Waals surface area (Å²) >= 11 is 1.42. The van der Waals surface area contributed by atoms with Gasteiger partial charge >= 0.3 is 0 Å². The molecule has 2 heterocycles. The fourth-order valence-corrected chi connectivity index (χ4v) is 2.69. The Morgan fingerprint density at radius 2 is 1.82 bits per heavy atom. The minimum atomic E-state index is 0.286. The average Bonchev–Trinajstić information content (AvgIpc) is 2.99. The summed E-state index contributed by atoms with van der Waals surface area (Å²) in [7, 11) is 0. The number of anilines is 1. The number of rotatable bonds is 2. The van der Waals surface area contributed by atoms with Gasteiger partial charge in [0.1, 0.15) is 0 Å². The van der Waals surface area contributed by atoms with Crippen molar-refractivity contribution in [1.29, 1.82) is 0 Å². The minimum Gasteiger partial charge on any atom is -0.368 e. The van der Waals surface area contributed by atoms with Crippen LogP contribution in [0.15, 0.2) is 47.6 Å². The maximum absolute atomic E-state index is 5.91. The average molecular weight is 308 g/mol. The minimum absolute atomic E-state index is 0.286. The summed E-state index contributed by atoms with van der Waals surface area (Å²) in [5.41, 5.74) is 6.84. The van der Waals surface area contributed by atoms with E-state index in [0.717, 1.165) is 10.9 Å². The quantitative estimate of drug-likeness (QED) is 0.573. The molecule has 2 aromatic heterocycles. The molecule has 4 rings (SSSR count). The number of nitrogens with two attached hydrogens (primary N) is 1. The van der Waals surface area contributed by atoms with Crippen LogP contribution in [0.1, 0.15) is 0 Å². The highest BCUT2D eigenvalue weighted by Crippen LogP contribution is 2.23. The molecule has 0 bridgehead atoms. The predicted molar refractivity (Wildman–Crippen MR) is 87.7 cm³/mol. The van der Waals surface area contributed by atoms with Crippen molar-refractivity contribution in [1.82, 2.24) is 24.6 Å². The Hall–Kier alpha value is -2.67. The largest absolute Gasteiger partial charge is 0.368 e. The predicted octanol–water partition coefficient (Wildman–Crippen LogP) is 2.64. The lowest BCUT2D eigenvalue weighted by molar-refractivity contribution is 0.851. The van der Waals surface area contributed by atoms with E-state index in [9.17, 15) is 0 Å². The zero-order valence-electron chi connectivity index (χ0n) is 11.8. The van der Waals surface area contributed by atoms with Crippen molar-refractivity contribution in [2.24, 2.45) is 0 Å². The zero-order chi connectivity index (χ0) is 15.1. The molecule has 2 N–H and O–H groups in total. The van der Waals surface area contributed by atoms with Crippen molar-refractivity contribution in [3.8, 4) is 11.4 Å². The van der Waals surface area contributed by atoms with Gasteiger partial charge in [0, 0.05) is 5.56 Å². The normalized spacial score (nSPS) is 11.3. The van der Waals surface area contributed by atoms with Crippen LogP contribution < -0.4 is 5.73 Å². The lowest BCUT2D eigenvalue weighted by Gasteiger charge is -1.99. The van der Waals surface area contributed by atoms with Crippen LogP contribution >= 0.6 is 11.8 Å². The van der Waals surface area contributed by atoms with Crippen LogP contribution in [0.3, 0.4) is 0 Å². The molecular weight excluding hydrogens is 296 g/mol. The highest BCUT2D eigenvalue weighted by Gasteiger charge is 2.12. The molecule has 4 aromatic rings. The summed E-state index contributed by atoms with van der Waals surface area (Å²) < 4.78 is 1.46. The van der Waals surface area contributed by atoms with E-state index in [-0.39, 0.29) is 5.95 Å². The maximum Gasteiger partial charge on any atom is 0.258 e. The van der Waals surface area contributed by atoms with Gasteiger partial charge in [-0.2, -0.15) is 19.5 Å². The van der Waals surface area contributed by atoms with Crippen molar-refractivity contribution in [3.05, 3.63) is 42.5 Å². The molecule has 0 aliphatic rings. The molecule has 0 radical (unpaired) electrons. The lowest BCUT2D eigenvalue weighted by Crippen LogP contribution is -2.04. The van der Waals surface area contributed by atoms with Gasteiger partial charge in [-0.1, -0.05) is 48.2 Å². The standard InChI is InChI=1S/C15H12N6S/c1-22-15-18-13(16)21-14(19-15)17-12(20-21)11-7-6-9-4-2-3-5-10(9)8-11/h2-8H,1H3,(H2,16,17,18,19,20). The monoisotopic (exact) mass is 308 g/mol. The smallest absolute Gasteiger partial charge is 0.258 e. The topological polar surface area (TPSA) is 82.0 Å². The van der Waals surface area contributed by atoms with Gasteiger partial charge in [-0.25, -0.2) is 0 Å². The Labute approximate surface area is 130 Å². The Balaban J connectivity index is 1.90. The summed E-state index contributed by atoms with van der Waals surface area (Å²) in [5, 5.41) is 7.32. The Bertz CT molecular complexity index is 994. The van der Waals surface area contributed by atoms with Gasteiger partial charge in [-0.3, -0.25) is 0 Å². The molecular formula is C15H12N6S. The van der Waals surface area contributed by atoms with Crippen molar-refractivity contribution in [2.75, 3.05) is 12.0 Å². The number of fused-ring (bicyclic) bond motifs is 2. The van der Waals surface area contributed by atoms with Crippen LogP contribution in [0.25, 0.3) is 27.9 Å². The molecule has 0 spiro atoms. The second kappa shape index (κ2) is 4.96. The Morgan fingerprint density at radius 3 is 2.64 bits per heavy atom. The summed E-state index contributed by atoms with van der Waals surface area (Å²) in [6.45, 7) is 0. The van der Waals surface area contributed by atoms with E-state index in [0.29, 0.717) is 16.8 Å². The van der Waals surface area contributed by atoms with E-state index in [1.165, 1.54) is 21.7 Å². The van der Waals surface area contributed by atoms with Crippen molar-refractivity contribution >= 4 is 34.3 Å². The van der Waals surface area contributed by atoms with Crippen molar-refractivity contribution in [3.63, 3.8) is 0 Å². The lowest BCUT2D eigenvalue weighted by atomic mass is 10.1. The summed E-state index contributed by atoms with van der Waals surface area (Å²) in [6, 6.07) is 14.3. The first-order chi connectivity index (χ1) is 10.7. The van der Waals surface area contributed by atoms with Crippen LogP contribution in [0, 0.1) is 0 Å². The third-order valence-electron chi connectivity index (χ3n) is 3.40. The third kappa shape index (κ3) is 2.06. The highest BCUT2D eigenvalue weighted by molar-refractivity contribution is 7.98. The number of thioether (sulfide) groups is 1. The molecule has 0 unspecified atom stereocenters. The van der Waals surface area contributed by atoms with Crippen LogP contribution in [-0.4, -0.2) is 30.8 Å². The zero-order valence-corrected chi connectivity index (χ0v) is 12.6. The van der Waals surface area contributed by atoms with Gasteiger partial charge in [-0.15, -0.1) is 5.10 Å². The number of aromatic nitrogens is 5. The van der Waals surface area contributed by atoms with Gasteiger partial charge in [0.25, 0.3) is 5.78 Å². The van der Waals surface area contributed by atoms with Gasteiger partial charge in [0.15, 0.2) is 11.0 Å². The molecule has 0 fully saturated rings. The van der Waals surface area contributed by atoms with Crippen LogP contribution in [0.5, 0.6) is 0 Å². The number of hydrogen-bond donors (Lipinski definition) is 1. The number of hydrogen-bond acceptors (Lipinski definition) is 6. The fraction of sp³-hybridized carbons (Fsp3) is 0.0667. The van der Waals surface area contributed by atoms with Crippen LogP contribution in [0.2, 0.25) is 0 Å². The SMILES string of the molecule is CSc1nc(N)n2nc(-c3ccc4ccccc4c3)nc2n1. The fourth-order valence-electron chi connectivity index (χ4n) is 2.33. The third-order valence-corrected chi connectivity index (χ3v) is 3.95. The molecule has 0 aliphatic heterocycles. The number of nitrogens with zero attached hydrogens (tertiary/aromatic N) is 5. The van der Waals surface area contributed by atoms with Gasteiger partial charge < -0.3 is 5.73 Å². The second-order valence-electron chi connectivity index (χ2n) is 4.78. The number of benzene rings is 2. The van der Waals surface area contributed by atoms with Crippen molar-refractivity contribution < 1.29 is 0 Å². The summed E-state index contributed by atoms with van der Waals surface area (Å²) in [6.07, 6.45) is 1.89. The molecule has 0 atom stereocenters. The van der Waals surface area contributed by atoms with E-state index < -0.39 is 0 Å². The molecule has 108 valence electrons. The summed E-state index contributed by atoms with van der Waals surface area (Å²) in [4.78, 5) is 13.0. The van der Waals surface area contributed by atoms with Crippen LogP contribution in [0.4, 0.5) is 5.95 Å². The van der Waals surface area contributed by atoms with Gasteiger partial charge in [0.05, 0.1) is 0 Å². The molecule has 2 aromatic carbocycles. The maximum atomic E-state index is 5.91. The first-order valence-corrected chi connectivity index (χ1v) is 7.90. The molecule has 0 saturated heterocycles. The van der Waals surface area contributed by atoms with Gasteiger partial charge in [-0.05, 0) is 23.1 Å². The van der Waals surface area contributed by atoms with E-state index in [1.54, 1.807) is 0 Å². The van der Waals surface area contributed by atoms with Gasteiger partial charge in [0.2, 0.25) is 5.95 Å². The molecule has 22 heavy (non-hydrogen) atoms. The number of nitrogen functional groups attached to an aromatic ring is 1. The molecule has 0 amide bonds. The second-order valence-corrected chi connectivity index (χ2v) is 5.55. The van der Waals surface area contributed by atoms with E-state index in [1.807, 2.05) is 24.5 Å². The summed E-state index contributed by atoms with van der Waals surface area (Å²) in [5.74, 6) is 1.33.